The van der Waals surface area contributed by atoms with E-state index in [4.69, 9.17) is 4.74 Å². The molecule has 0 unspecified atom stereocenters. The van der Waals surface area contributed by atoms with Crippen LogP contribution in [0.2, 0.25) is 0 Å². The van der Waals surface area contributed by atoms with Crippen molar-refractivity contribution in [2.75, 3.05) is 43.5 Å². The van der Waals surface area contributed by atoms with Crippen LogP contribution in [0.1, 0.15) is 0 Å². The van der Waals surface area contributed by atoms with Gasteiger partial charge in [-0.05, 0) is 23.7 Å². The third-order valence-electron chi connectivity index (χ3n) is 5.50. The maximum atomic E-state index is 12.8. The molecule has 1 aliphatic rings. The van der Waals surface area contributed by atoms with Crippen LogP contribution in [-0.4, -0.2) is 58.6 Å². The number of hydrogen-bond donors (Lipinski definition) is 1. The van der Waals surface area contributed by atoms with Gasteiger partial charge in [0.2, 0.25) is 0 Å². The van der Waals surface area contributed by atoms with Crippen LogP contribution >= 0.6 is 11.5 Å². The minimum Gasteiger partial charge on any atom is -0.495 e. The molecule has 9 heteroatoms. The number of aromatic nitrogens is 3. The number of hydrogen-bond acceptors (Lipinski definition) is 7. The number of carbonyl (C=O) groups excluding carboxylic acids is 1. The number of urea groups is 1. The Balaban J connectivity index is 1.30. The summed E-state index contributed by atoms with van der Waals surface area (Å²) < 4.78 is 10.9. The second-order valence-electron chi connectivity index (χ2n) is 7.38. The number of para-hydroxylation sites is 2. The summed E-state index contributed by atoms with van der Waals surface area (Å²) in [6.07, 6.45) is 1.60. The number of benzene rings is 2. The first-order chi connectivity index (χ1) is 15.7. The Hall–Kier alpha value is -3.72. The Morgan fingerprint density at radius 1 is 1.00 bits per heavy atom. The highest BCUT2D eigenvalue weighted by atomic mass is 32.1. The van der Waals surface area contributed by atoms with E-state index < -0.39 is 0 Å². The molecule has 1 saturated heterocycles. The number of rotatable bonds is 4. The normalized spacial score (nSPS) is 13.9. The Morgan fingerprint density at radius 2 is 1.75 bits per heavy atom. The summed E-state index contributed by atoms with van der Waals surface area (Å²) in [6.45, 7) is 2.56. The number of amides is 2. The van der Waals surface area contributed by atoms with Crippen LogP contribution in [0.25, 0.3) is 21.5 Å². The molecule has 0 atom stereocenters. The number of nitrogens with one attached hydrogen (secondary N) is 1. The average Bonchev–Trinajstić information content (AvgIpc) is 3.29. The van der Waals surface area contributed by atoms with Crippen LogP contribution in [-0.2, 0) is 0 Å². The van der Waals surface area contributed by atoms with Gasteiger partial charge in [-0.25, -0.2) is 14.8 Å². The highest BCUT2D eigenvalue weighted by Gasteiger charge is 2.25. The van der Waals surface area contributed by atoms with Crippen LogP contribution in [0.3, 0.4) is 0 Å². The van der Waals surface area contributed by atoms with E-state index >= 15 is 0 Å². The largest absolute Gasteiger partial charge is 0.495 e. The van der Waals surface area contributed by atoms with Gasteiger partial charge in [-0.2, -0.15) is 4.37 Å². The van der Waals surface area contributed by atoms with Crippen LogP contribution < -0.4 is 15.0 Å². The molecule has 32 heavy (non-hydrogen) atoms. The van der Waals surface area contributed by atoms with Gasteiger partial charge in [0.25, 0.3) is 0 Å². The van der Waals surface area contributed by atoms with E-state index in [1.165, 1.54) is 11.5 Å². The molecule has 2 aromatic heterocycles. The maximum Gasteiger partial charge on any atom is 0.322 e. The predicted molar refractivity (Wildman–Crippen MR) is 126 cm³/mol. The highest BCUT2D eigenvalue weighted by Crippen LogP contribution is 2.34. The number of ether oxygens (including phenoxy) is 1. The van der Waals surface area contributed by atoms with Crippen molar-refractivity contribution in [2.24, 2.45) is 0 Å². The number of nitrogens with zero attached hydrogens (tertiary/aromatic N) is 5. The Labute approximate surface area is 189 Å². The van der Waals surface area contributed by atoms with Crippen molar-refractivity contribution >= 4 is 39.3 Å². The summed E-state index contributed by atoms with van der Waals surface area (Å²) in [4.78, 5) is 25.8. The topological polar surface area (TPSA) is 83.5 Å². The average molecular weight is 447 g/mol. The minimum atomic E-state index is -0.133. The third-order valence-corrected chi connectivity index (χ3v) is 6.33. The molecule has 2 aromatic carbocycles. The van der Waals surface area contributed by atoms with E-state index in [-0.39, 0.29) is 6.03 Å². The van der Waals surface area contributed by atoms with Gasteiger partial charge in [-0.15, -0.1) is 0 Å². The molecule has 5 rings (SSSR count). The number of anilines is 2. The second-order valence-corrected chi connectivity index (χ2v) is 8.15. The third kappa shape index (κ3) is 3.82. The molecule has 0 radical (unpaired) electrons. The van der Waals surface area contributed by atoms with Crippen molar-refractivity contribution in [1.82, 2.24) is 19.2 Å². The van der Waals surface area contributed by atoms with Crippen LogP contribution in [0, 0.1) is 0 Å². The van der Waals surface area contributed by atoms with Gasteiger partial charge >= 0.3 is 6.03 Å². The molecule has 2 amide bonds. The molecule has 0 spiro atoms. The molecule has 1 aliphatic heterocycles. The predicted octanol–water partition coefficient (Wildman–Crippen LogP) is 4.12. The van der Waals surface area contributed by atoms with Gasteiger partial charge in [0.05, 0.1) is 12.8 Å². The monoisotopic (exact) mass is 446 g/mol. The van der Waals surface area contributed by atoms with Gasteiger partial charge in [0.15, 0.2) is 5.82 Å². The Morgan fingerprint density at radius 3 is 2.53 bits per heavy atom. The first-order valence-corrected chi connectivity index (χ1v) is 11.1. The molecular weight excluding hydrogens is 424 g/mol. The van der Waals surface area contributed by atoms with Gasteiger partial charge in [0.1, 0.15) is 28.0 Å². The van der Waals surface area contributed by atoms with Crippen molar-refractivity contribution in [2.45, 2.75) is 0 Å². The van der Waals surface area contributed by atoms with E-state index in [0.29, 0.717) is 37.6 Å². The number of methoxy groups -OCH3 is 1. The molecule has 0 aliphatic carbocycles. The zero-order chi connectivity index (χ0) is 21.9. The first kappa shape index (κ1) is 20.2. The molecule has 3 heterocycles. The van der Waals surface area contributed by atoms with Gasteiger partial charge in [-0.3, -0.25) is 0 Å². The van der Waals surface area contributed by atoms with Crippen molar-refractivity contribution in [1.29, 1.82) is 0 Å². The number of piperazine rings is 1. The van der Waals surface area contributed by atoms with Crippen molar-refractivity contribution in [3.05, 3.63) is 60.9 Å². The van der Waals surface area contributed by atoms with Crippen LogP contribution in [0.15, 0.2) is 60.9 Å². The van der Waals surface area contributed by atoms with E-state index in [1.807, 2.05) is 59.5 Å². The van der Waals surface area contributed by atoms with Crippen molar-refractivity contribution in [3.63, 3.8) is 0 Å². The van der Waals surface area contributed by atoms with Crippen LogP contribution in [0.4, 0.5) is 16.3 Å². The smallest absolute Gasteiger partial charge is 0.322 e. The molecule has 0 bridgehead atoms. The first-order valence-electron chi connectivity index (χ1n) is 10.3. The van der Waals surface area contributed by atoms with E-state index in [0.717, 1.165) is 27.3 Å². The zero-order valence-corrected chi connectivity index (χ0v) is 18.4. The van der Waals surface area contributed by atoms with Gasteiger partial charge in [0, 0.05) is 31.7 Å². The minimum absolute atomic E-state index is 0.133. The molecule has 1 N–H and O–H groups in total. The molecular formula is C23H22N6O2S. The Kier molecular flexibility index (Phi) is 5.55. The summed E-state index contributed by atoms with van der Waals surface area (Å²) in [5.41, 5.74) is 3.45. The summed E-state index contributed by atoms with van der Waals surface area (Å²) >= 11 is 1.42. The number of carbonyl (C=O) groups is 1. The Bertz CT molecular complexity index is 1240. The molecule has 1 fully saturated rings. The van der Waals surface area contributed by atoms with Gasteiger partial charge in [-0.1, -0.05) is 42.5 Å². The standard InChI is InChI=1S/C23H22N6O2S/c1-31-18-10-6-5-9-17(18)26-23(30)29-13-11-28(12-14-29)22-21-20(24-15-25-22)19(27-32-21)16-7-3-2-4-8-16/h2-10,15H,11-14H2,1H3,(H,26,30). The highest BCUT2D eigenvalue weighted by molar-refractivity contribution is 7.14. The fraction of sp³-hybridized carbons (Fsp3) is 0.217. The number of fused-ring (bicyclic) bond motifs is 1. The molecule has 8 nitrogen and oxygen atoms in total. The van der Waals surface area contributed by atoms with Crippen molar-refractivity contribution < 1.29 is 9.53 Å². The quantitative estimate of drug-likeness (QED) is 0.508. The van der Waals surface area contributed by atoms with E-state index in [2.05, 4.69) is 24.6 Å². The fourth-order valence-corrected chi connectivity index (χ4v) is 4.70. The lowest BCUT2D eigenvalue weighted by Crippen LogP contribution is -2.50. The summed E-state index contributed by atoms with van der Waals surface area (Å²) in [5, 5.41) is 2.95. The van der Waals surface area contributed by atoms with E-state index in [9.17, 15) is 4.79 Å². The molecule has 4 aromatic rings. The van der Waals surface area contributed by atoms with Crippen LogP contribution in [0.5, 0.6) is 5.75 Å². The SMILES string of the molecule is COc1ccccc1NC(=O)N1CCN(c2ncnc3c(-c4ccccc4)nsc23)CC1. The molecule has 0 saturated carbocycles. The lowest BCUT2D eigenvalue weighted by molar-refractivity contribution is 0.208. The summed E-state index contributed by atoms with van der Waals surface area (Å²) in [7, 11) is 1.59. The zero-order valence-electron chi connectivity index (χ0n) is 17.6. The fourth-order valence-electron chi connectivity index (χ4n) is 3.83. The van der Waals surface area contributed by atoms with E-state index in [1.54, 1.807) is 13.4 Å². The second kappa shape index (κ2) is 8.80. The summed E-state index contributed by atoms with van der Waals surface area (Å²) in [6, 6.07) is 17.3. The lowest BCUT2D eigenvalue weighted by Gasteiger charge is -2.35. The van der Waals surface area contributed by atoms with Crippen molar-refractivity contribution in [3.8, 4) is 17.0 Å². The lowest BCUT2D eigenvalue weighted by atomic mass is 10.1. The molecule has 162 valence electrons. The maximum absolute atomic E-state index is 12.8. The van der Waals surface area contributed by atoms with Gasteiger partial charge < -0.3 is 19.9 Å². The summed E-state index contributed by atoms with van der Waals surface area (Å²) in [5.74, 6) is 1.52.